The smallest absolute Gasteiger partial charge is 0.337 e. The Morgan fingerprint density at radius 2 is 1.57 bits per heavy atom. The van der Waals surface area contributed by atoms with Gasteiger partial charge >= 0.3 is 5.97 Å². The van der Waals surface area contributed by atoms with E-state index in [4.69, 9.17) is 4.52 Å². The van der Waals surface area contributed by atoms with Crippen molar-refractivity contribution >= 4 is 29.3 Å². The maximum Gasteiger partial charge on any atom is 0.337 e. The van der Waals surface area contributed by atoms with E-state index in [9.17, 15) is 14.4 Å². The third-order valence-electron chi connectivity index (χ3n) is 3.70. The number of anilines is 2. The minimum absolute atomic E-state index is 0.189. The van der Waals surface area contributed by atoms with Gasteiger partial charge in [0.05, 0.1) is 23.8 Å². The van der Waals surface area contributed by atoms with Crippen LogP contribution in [-0.4, -0.2) is 35.0 Å². The molecule has 0 saturated carbocycles. The van der Waals surface area contributed by atoms with Gasteiger partial charge in [-0.1, -0.05) is 5.16 Å². The van der Waals surface area contributed by atoms with Gasteiger partial charge in [-0.3, -0.25) is 14.6 Å². The van der Waals surface area contributed by atoms with Crippen molar-refractivity contribution < 1.29 is 23.6 Å². The number of carbonyl (C=O) groups is 3. The number of hydrogen-bond acceptors (Lipinski definition) is 7. The zero-order valence-corrected chi connectivity index (χ0v) is 15.1. The fourth-order valence-electron chi connectivity index (χ4n) is 2.31. The van der Waals surface area contributed by atoms with Crippen LogP contribution in [-0.2, 0) is 4.74 Å². The minimum atomic E-state index is -0.474. The van der Waals surface area contributed by atoms with Gasteiger partial charge in [0.2, 0.25) is 0 Å². The number of benzene rings is 1. The summed E-state index contributed by atoms with van der Waals surface area (Å²) in [5.74, 6) is -0.575. The molecule has 0 unspecified atom stereocenters. The number of hydrogen-bond donors (Lipinski definition) is 2. The molecule has 1 aromatic carbocycles. The van der Waals surface area contributed by atoms with Gasteiger partial charge in [0.1, 0.15) is 5.76 Å². The number of carbonyl (C=O) groups excluding carboxylic acids is 3. The van der Waals surface area contributed by atoms with E-state index < -0.39 is 17.8 Å². The van der Waals surface area contributed by atoms with Crippen LogP contribution in [0.1, 0.15) is 36.8 Å². The van der Waals surface area contributed by atoms with Crippen molar-refractivity contribution in [3.8, 4) is 0 Å². The van der Waals surface area contributed by atoms with Crippen LogP contribution in [0.2, 0.25) is 0 Å². The number of aromatic nitrogens is 2. The summed E-state index contributed by atoms with van der Waals surface area (Å²) in [6.07, 6.45) is 2.68. The van der Waals surface area contributed by atoms with Crippen molar-refractivity contribution in [2.24, 2.45) is 0 Å². The molecule has 28 heavy (non-hydrogen) atoms. The minimum Gasteiger partial charge on any atom is -0.465 e. The second kappa shape index (κ2) is 8.12. The predicted molar refractivity (Wildman–Crippen MR) is 99.2 cm³/mol. The monoisotopic (exact) mass is 380 g/mol. The van der Waals surface area contributed by atoms with E-state index in [1.807, 2.05) is 0 Å². The predicted octanol–water partition coefficient (Wildman–Crippen LogP) is 2.67. The van der Waals surface area contributed by atoms with Gasteiger partial charge in [-0.15, -0.1) is 0 Å². The molecule has 0 aliphatic rings. The highest BCUT2D eigenvalue weighted by molar-refractivity contribution is 6.08. The fraction of sp³-hybridized carbons (Fsp3) is 0.105. The summed E-state index contributed by atoms with van der Waals surface area (Å²) in [6, 6.07) is 9.18. The number of nitrogens with zero attached hydrogens (tertiary/aromatic N) is 2. The fourth-order valence-corrected chi connectivity index (χ4v) is 2.31. The quantitative estimate of drug-likeness (QED) is 0.652. The SMILES string of the molecule is COC(=O)c1ccc(NC(=O)c2cncc(C(=O)Nc3cc(C)on3)c2)cc1. The van der Waals surface area contributed by atoms with Crippen LogP contribution in [0.5, 0.6) is 0 Å². The molecule has 2 amide bonds. The summed E-state index contributed by atoms with van der Waals surface area (Å²) in [5, 5.41) is 8.91. The van der Waals surface area contributed by atoms with Crippen LogP contribution in [0, 0.1) is 6.92 Å². The van der Waals surface area contributed by atoms with Crippen molar-refractivity contribution in [1.82, 2.24) is 10.1 Å². The Bertz CT molecular complexity index is 1030. The number of pyridine rings is 1. The van der Waals surface area contributed by atoms with Crippen LogP contribution in [0.15, 0.2) is 53.3 Å². The average Bonchev–Trinajstić information content (AvgIpc) is 3.12. The summed E-state index contributed by atoms with van der Waals surface area (Å²) in [4.78, 5) is 40.1. The number of rotatable bonds is 5. The molecule has 3 rings (SSSR count). The molecule has 2 N–H and O–H groups in total. The lowest BCUT2D eigenvalue weighted by Crippen LogP contribution is -2.16. The number of aryl methyl sites for hydroxylation is 1. The number of ether oxygens (including phenoxy) is 1. The standard InChI is InChI=1S/C19H16N4O5/c1-11-7-16(23-28-11)22-18(25)14-8-13(9-20-10-14)17(24)21-15-5-3-12(4-6-15)19(26)27-2/h3-10H,1-2H3,(H,21,24)(H,22,23,25). The van der Waals surface area contributed by atoms with Gasteiger partial charge < -0.3 is 19.9 Å². The lowest BCUT2D eigenvalue weighted by atomic mass is 10.1. The van der Waals surface area contributed by atoms with Crippen LogP contribution < -0.4 is 10.6 Å². The summed E-state index contributed by atoms with van der Waals surface area (Å²) >= 11 is 0. The summed E-state index contributed by atoms with van der Waals surface area (Å²) in [5.41, 5.74) is 1.23. The van der Waals surface area contributed by atoms with Crippen LogP contribution in [0.3, 0.4) is 0 Å². The van der Waals surface area contributed by atoms with Crippen LogP contribution in [0.25, 0.3) is 0 Å². The summed E-state index contributed by atoms with van der Waals surface area (Å²) in [7, 11) is 1.29. The van der Waals surface area contributed by atoms with E-state index in [-0.39, 0.29) is 16.9 Å². The van der Waals surface area contributed by atoms with Crippen LogP contribution in [0.4, 0.5) is 11.5 Å². The first kappa shape index (κ1) is 18.8. The highest BCUT2D eigenvalue weighted by Crippen LogP contribution is 2.14. The Balaban J connectivity index is 1.69. The zero-order valence-electron chi connectivity index (χ0n) is 15.1. The molecule has 0 aliphatic carbocycles. The molecule has 2 aromatic heterocycles. The maximum atomic E-state index is 12.4. The van der Waals surface area contributed by atoms with E-state index in [0.717, 1.165) is 0 Å². The van der Waals surface area contributed by atoms with Gasteiger partial charge in [0, 0.05) is 24.1 Å². The van der Waals surface area contributed by atoms with E-state index in [0.29, 0.717) is 17.0 Å². The Morgan fingerprint density at radius 1 is 0.929 bits per heavy atom. The third kappa shape index (κ3) is 4.39. The third-order valence-corrected chi connectivity index (χ3v) is 3.70. The lowest BCUT2D eigenvalue weighted by molar-refractivity contribution is 0.0600. The normalized spacial score (nSPS) is 10.2. The van der Waals surface area contributed by atoms with Crippen molar-refractivity contribution in [2.75, 3.05) is 17.7 Å². The summed E-state index contributed by atoms with van der Waals surface area (Å²) in [6.45, 7) is 1.70. The van der Waals surface area contributed by atoms with E-state index in [1.165, 1.54) is 37.7 Å². The van der Waals surface area contributed by atoms with Crippen molar-refractivity contribution in [3.63, 3.8) is 0 Å². The molecule has 2 heterocycles. The molecular formula is C19H16N4O5. The molecule has 3 aromatic rings. The Labute approximate surface area is 159 Å². The molecule has 0 bridgehead atoms. The molecule has 0 atom stereocenters. The Kier molecular flexibility index (Phi) is 5.45. The average molecular weight is 380 g/mol. The highest BCUT2D eigenvalue weighted by Gasteiger charge is 2.14. The zero-order chi connectivity index (χ0) is 20.1. The van der Waals surface area contributed by atoms with Crippen molar-refractivity contribution in [1.29, 1.82) is 0 Å². The Morgan fingerprint density at radius 3 is 2.14 bits per heavy atom. The lowest BCUT2D eigenvalue weighted by Gasteiger charge is -2.07. The number of esters is 1. The highest BCUT2D eigenvalue weighted by atomic mass is 16.5. The molecule has 0 fully saturated rings. The molecule has 0 radical (unpaired) electrons. The molecular weight excluding hydrogens is 364 g/mol. The van der Waals surface area contributed by atoms with Crippen molar-refractivity contribution in [2.45, 2.75) is 6.92 Å². The van der Waals surface area contributed by atoms with Gasteiger partial charge in [0.25, 0.3) is 11.8 Å². The number of methoxy groups -OCH3 is 1. The van der Waals surface area contributed by atoms with Gasteiger partial charge in [0.15, 0.2) is 5.82 Å². The second-order valence-corrected chi connectivity index (χ2v) is 5.76. The largest absolute Gasteiger partial charge is 0.465 e. The van der Waals surface area contributed by atoms with Crippen LogP contribution >= 0.6 is 0 Å². The van der Waals surface area contributed by atoms with Gasteiger partial charge in [-0.25, -0.2) is 4.79 Å². The van der Waals surface area contributed by atoms with E-state index in [1.54, 1.807) is 25.1 Å². The van der Waals surface area contributed by atoms with Gasteiger partial charge in [-0.05, 0) is 37.3 Å². The molecule has 9 nitrogen and oxygen atoms in total. The number of nitrogens with one attached hydrogen (secondary N) is 2. The first-order valence-electron chi connectivity index (χ1n) is 8.15. The summed E-state index contributed by atoms with van der Waals surface area (Å²) < 4.78 is 9.51. The van der Waals surface area contributed by atoms with E-state index >= 15 is 0 Å². The molecule has 142 valence electrons. The van der Waals surface area contributed by atoms with Crippen molar-refractivity contribution in [3.05, 3.63) is 71.2 Å². The van der Waals surface area contributed by atoms with Gasteiger partial charge in [-0.2, -0.15) is 0 Å². The number of amides is 2. The topological polar surface area (TPSA) is 123 Å². The second-order valence-electron chi connectivity index (χ2n) is 5.76. The first-order valence-corrected chi connectivity index (χ1v) is 8.15. The maximum absolute atomic E-state index is 12.4. The van der Waals surface area contributed by atoms with E-state index in [2.05, 4.69) is 25.5 Å². The Hall–Kier alpha value is -4.01. The first-order chi connectivity index (χ1) is 13.5. The molecule has 0 spiro atoms. The molecule has 0 aliphatic heterocycles. The molecule has 9 heteroatoms. The molecule has 0 saturated heterocycles.